The minimum atomic E-state index is -0.149. The van der Waals surface area contributed by atoms with E-state index in [1.807, 2.05) is 0 Å². The summed E-state index contributed by atoms with van der Waals surface area (Å²) < 4.78 is 2.34. The third-order valence-electron chi connectivity index (χ3n) is 14.2. The molecule has 3 aliphatic rings. The molecular weight excluding hydrogens is 786 g/mol. The molecule has 0 saturated carbocycles. The molecule has 0 radical (unpaired) electrons. The van der Waals surface area contributed by atoms with E-state index >= 15 is 0 Å². The lowest BCUT2D eigenvalue weighted by molar-refractivity contribution is 0.473. The molecule has 6 aromatic rings. The third kappa shape index (κ3) is 4.55. The van der Waals surface area contributed by atoms with Gasteiger partial charge >= 0.3 is 0 Å². The van der Waals surface area contributed by atoms with Crippen molar-refractivity contribution < 1.29 is 0 Å². The van der Waals surface area contributed by atoms with Crippen LogP contribution in [-0.4, -0.2) is 0 Å². The Morgan fingerprint density at radius 3 is 1.07 bits per heavy atom. The molecule has 9 rings (SSSR count). The molecule has 0 saturated heterocycles. The van der Waals surface area contributed by atoms with Gasteiger partial charge in [0.15, 0.2) is 0 Å². The second-order valence-corrected chi connectivity index (χ2v) is 17.6. The normalized spacial score (nSPS) is 15.9. The largest absolute Gasteiger partial charge is 0.310 e. The summed E-state index contributed by atoms with van der Waals surface area (Å²) in [6.45, 7) is 14.6. The lowest BCUT2D eigenvalue weighted by atomic mass is 9.65. The predicted octanol–water partition coefficient (Wildman–Crippen LogP) is 15.9. The molecule has 0 aromatic heterocycles. The van der Waals surface area contributed by atoms with Crippen LogP contribution in [0.2, 0.25) is 0 Å². The van der Waals surface area contributed by atoms with E-state index in [2.05, 4.69) is 194 Å². The van der Waals surface area contributed by atoms with E-state index in [9.17, 15) is 0 Å². The Hall–Kier alpha value is -3.92. The number of hydrogen-bond donors (Lipinski definition) is 0. The van der Waals surface area contributed by atoms with Crippen molar-refractivity contribution in [2.45, 2.75) is 96.3 Å². The van der Waals surface area contributed by atoms with Gasteiger partial charge in [-0.1, -0.05) is 128 Å². The van der Waals surface area contributed by atoms with Crippen molar-refractivity contribution >= 4 is 48.9 Å². The molecule has 0 heterocycles. The molecule has 0 N–H and O–H groups in total. The molecule has 272 valence electrons. The Labute approximate surface area is 339 Å². The summed E-state index contributed by atoms with van der Waals surface area (Å²) in [6.07, 6.45) is 6.32. The van der Waals surface area contributed by atoms with E-state index in [0.29, 0.717) is 0 Å². The van der Waals surface area contributed by atoms with Crippen molar-refractivity contribution in [3.05, 3.63) is 158 Å². The second-order valence-electron chi connectivity index (χ2n) is 15.7. The first-order valence-electron chi connectivity index (χ1n) is 20.2. The van der Waals surface area contributed by atoms with Gasteiger partial charge in [-0.25, -0.2) is 0 Å². The highest BCUT2D eigenvalue weighted by Gasteiger charge is 2.56. The fraction of sp³-hybridized carbons (Fsp3) is 0.294. The average molecular weight is 836 g/mol. The van der Waals surface area contributed by atoms with Crippen LogP contribution in [0, 0.1) is 0 Å². The molecule has 1 nitrogen and oxygen atoms in total. The molecule has 0 fully saturated rings. The maximum absolute atomic E-state index is 3.94. The van der Waals surface area contributed by atoms with E-state index in [-0.39, 0.29) is 16.2 Å². The summed E-state index contributed by atoms with van der Waals surface area (Å²) in [5, 5.41) is 0. The molecule has 0 atom stereocenters. The van der Waals surface area contributed by atoms with Crippen molar-refractivity contribution in [1.82, 2.24) is 0 Å². The van der Waals surface area contributed by atoms with Gasteiger partial charge in [0.05, 0.1) is 0 Å². The highest BCUT2D eigenvalue weighted by molar-refractivity contribution is 9.10. The summed E-state index contributed by atoms with van der Waals surface area (Å²) in [6, 6.07) is 43.6. The molecular formula is C51H49Br2N. The molecule has 3 heteroatoms. The van der Waals surface area contributed by atoms with E-state index in [0.717, 1.165) is 38.5 Å². The van der Waals surface area contributed by atoms with Gasteiger partial charge < -0.3 is 4.90 Å². The maximum atomic E-state index is 3.94. The lowest BCUT2D eigenvalue weighted by Crippen LogP contribution is -2.29. The SMILES string of the molecule is CCC1(CC)c2cc(Br)ccc2-c2c1c1c(c3c2C(CC)(CC)c2cc(N(c4ccccc4)c4ccccc4)ccc2-3)C(CC)(CC)c2cc(Br)ccc2-1. The van der Waals surface area contributed by atoms with Gasteiger partial charge in [0.25, 0.3) is 0 Å². The number of anilines is 3. The first-order chi connectivity index (χ1) is 26.3. The molecule has 0 amide bonds. The minimum Gasteiger partial charge on any atom is -0.310 e. The summed E-state index contributed by atoms with van der Waals surface area (Å²) in [4.78, 5) is 2.44. The van der Waals surface area contributed by atoms with Crippen molar-refractivity contribution in [3.8, 4) is 33.4 Å². The van der Waals surface area contributed by atoms with E-state index in [1.165, 1.54) is 76.1 Å². The zero-order valence-corrected chi connectivity index (χ0v) is 35.6. The highest BCUT2D eigenvalue weighted by atomic mass is 79.9. The fourth-order valence-electron chi connectivity index (χ4n) is 11.5. The third-order valence-corrected chi connectivity index (χ3v) is 15.2. The number of nitrogens with zero attached hydrogens (tertiary/aromatic N) is 1. The lowest BCUT2D eigenvalue weighted by Gasteiger charge is -2.37. The monoisotopic (exact) mass is 833 g/mol. The number of fused-ring (bicyclic) bond motifs is 12. The molecule has 6 aromatic carbocycles. The molecule has 0 bridgehead atoms. The van der Waals surface area contributed by atoms with Gasteiger partial charge in [-0.15, -0.1) is 0 Å². The fourth-order valence-corrected chi connectivity index (χ4v) is 12.2. The van der Waals surface area contributed by atoms with Gasteiger partial charge in [-0.3, -0.25) is 0 Å². The minimum absolute atomic E-state index is 0.0833. The van der Waals surface area contributed by atoms with Crippen LogP contribution in [0.4, 0.5) is 17.1 Å². The quantitative estimate of drug-likeness (QED) is 0.140. The second kappa shape index (κ2) is 13.1. The molecule has 3 aliphatic carbocycles. The van der Waals surface area contributed by atoms with Crippen molar-refractivity contribution in [1.29, 1.82) is 0 Å². The van der Waals surface area contributed by atoms with Crippen molar-refractivity contribution in [2.24, 2.45) is 0 Å². The topological polar surface area (TPSA) is 3.24 Å². The summed E-state index contributed by atoms with van der Waals surface area (Å²) in [5.41, 5.74) is 21.4. The smallest absolute Gasteiger partial charge is 0.0465 e. The Bertz CT molecular complexity index is 2380. The summed E-state index contributed by atoms with van der Waals surface area (Å²) in [5.74, 6) is 0. The maximum Gasteiger partial charge on any atom is 0.0465 e. The first-order valence-corrected chi connectivity index (χ1v) is 21.8. The predicted molar refractivity (Wildman–Crippen MR) is 237 cm³/mol. The zero-order valence-electron chi connectivity index (χ0n) is 32.4. The first kappa shape index (κ1) is 35.8. The van der Waals surface area contributed by atoms with Crippen LogP contribution < -0.4 is 4.90 Å². The highest BCUT2D eigenvalue weighted by Crippen LogP contribution is 2.70. The number of halogens is 2. The van der Waals surface area contributed by atoms with Gasteiger partial charge in [0.2, 0.25) is 0 Å². The summed E-state index contributed by atoms with van der Waals surface area (Å²) in [7, 11) is 0. The molecule has 0 aliphatic heterocycles. The van der Waals surface area contributed by atoms with Crippen LogP contribution in [0.5, 0.6) is 0 Å². The van der Waals surface area contributed by atoms with Crippen LogP contribution in [0.3, 0.4) is 0 Å². The average Bonchev–Trinajstić information content (AvgIpc) is 3.77. The summed E-state index contributed by atoms with van der Waals surface area (Å²) >= 11 is 7.88. The zero-order chi connectivity index (χ0) is 37.6. The Morgan fingerprint density at radius 1 is 0.389 bits per heavy atom. The number of benzene rings is 6. The van der Waals surface area contributed by atoms with Crippen LogP contribution in [0.25, 0.3) is 33.4 Å². The van der Waals surface area contributed by atoms with Gasteiger partial charge in [-0.2, -0.15) is 0 Å². The number of hydrogen-bond acceptors (Lipinski definition) is 1. The van der Waals surface area contributed by atoms with Crippen LogP contribution >= 0.6 is 31.9 Å². The van der Waals surface area contributed by atoms with E-state index < -0.39 is 0 Å². The number of para-hydroxylation sites is 2. The van der Waals surface area contributed by atoms with E-state index in [4.69, 9.17) is 0 Å². The van der Waals surface area contributed by atoms with Gasteiger partial charge in [0, 0.05) is 42.3 Å². The van der Waals surface area contributed by atoms with Crippen LogP contribution in [-0.2, 0) is 16.2 Å². The van der Waals surface area contributed by atoms with Crippen molar-refractivity contribution in [3.63, 3.8) is 0 Å². The number of rotatable bonds is 9. The Kier molecular flexibility index (Phi) is 8.67. The molecule has 54 heavy (non-hydrogen) atoms. The van der Waals surface area contributed by atoms with Crippen molar-refractivity contribution in [2.75, 3.05) is 4.90 Å². The van der Waals surface area contributed by atoms with Crippen LogP contribution in [0.15, 0.2) is 124 Å². The van der Waals surface area contributed by atoms with E-state index in [1.54, 1.807) is 16.7 Å². The molecule has 0 spiro atoms. The Balaban J connectivity index is 1.46. The van der Waals surface area contributed by atoms with Crippen LogP contribution in [0.1, 0.15) is 113 Å². The Morgan fingerprint density at radius 2 is 0.722 bits per heavy atom. The standard InChI is InChI=1S/C51H49Br2N/c1-7-49(8-2)41-30-33(53)24-27-38(41)44-46(49)43-37-26-23-32(52)29-40(37)50(9-3,10-4)47(43)45-39-28-25-36(31-42(39)51(11-5,12-6)48(44)45)54(34-19-15-13-16-20-34)35-21-17-14-18-22-35/h13-31H,7-12H2,1-6H3. The van der Waals surface area contributed by atoms with Gasteiger partial charge in [0.1, 0.15) is 0 Å². The molecule has 0 unspecified atom stereocenters. The van der Waals surface area contributed by atoms with Gasteiger partial charge in [-0.05, 0) is 166 Å².